The summed E-state index contributed by atoms with van der Waals surface area (Å²) in [6.45, 7) is 4.46. The van der Waals surface area contributed by atoms with Crippen LogP contribution in [0, 0.1) is 5.41 Å². The van der Waals surface area contributed by atoms with Gasteiger partial charge in [0.2, 0.25) is 0 Å². The van der Waals surface area contributed by atoms with Crippen molar-refractivity contribution in [3.63, 3.8) is 0 Å². The minimum Gasteiger partial charge on any atom is -0.398 e. The quantitative estimate of drug-likeness (QED) is 0.678. The largest absolute Gasteiger partial charge is 0.398 e. The van der Waals surface area contributed by atoms with Crippen LogP contribution < -0.4 is 16.0 Å². The number of morpholine rings is 1. The highest BCUT2D eigenvalue weighted by Crippen LogP contribution is 2.26. The van der Waals surface area contributed by atoms with Gasteiger partial charge in [0.05, 0.1) is 24.5 Å². The Morgan fingerprint density at radius 1 is 1.07 bits per heavy atom. The Morgan fingerprint density at radius 2 is 1.79 bits per heavy atom. The van der Waals surface area contributed by atoms with E-state index in [9.17, 15) is 0 Å². The van der Waals surface area contributed by atoms with Crippen LogP contribution in [0.1, 0.15) is 24.0 Å². The number of pyridine rings is 2. The molecule has 0 spiro atoms. The van der Waals surface area contributed by atoms with Gasteiger partial charge in [-0.15, -0.1) is 0 Å². The smallest absolute Gasteiger partial charge is 0.137 e. The average molecular weight is 382 g/mol. The molecule has 4 N–H and O–H groups in total. The van der Waals surface area contributed by atoms with Crippen molar-refractivity contribution >= 4 is 23.0 Å². The minimum atomic E-state index is 0.274. The topological polar surface area (TPSA) is 109 Å². The summed E-state index contributed by atoms with van der Waals surface area (Å²) in [5, 5.41) is 12.3. The van der Waals surface area contributed by atoms with Gasteiger partial charge < -0.3 is 25.4 Å². The van der Waals surface area contributed by atoms with Crippen LogP contribution in [0.25, 0.3) is 0 Å². The summed E-state index contributed by atoms with van der Waals surface area (Å²) in [4.78, 5) is 11.1. The van der Waals surface area contributed by atoms with Gasteiger partial charge in [0.1, 0.15) is 11.6 Å². The Balaban J connectivity index is 1.60. The maximum absolute atomic E-state index is 8.82. The molecule has 2 aliphatic rings. The molecule has 0 aromatic carbocycles. The minimum absolute atomic E-state index is 0.274. The fourth-order valence-electron chi connectivity index (χ4n) is 3.57. The summed E-state index contributed by atoms with van der Waals surface area (Å²) in [5.41, 5.74) is 8.55. The van der Waals surface area contributed by atoms with Gasteiger partial charge in [-0.3, -0.25) is 5.41 Å². The number of nitrogens with one attached hydrogen (secondary N) is 2. The molecule has 2 fully saturated rings. The van der Waals surface area contributed by atoms with E-state index in [2.05, 4.69) is 20.2 Å². The van der Waals surface area contributed by atoms with Crippen LogP contribution in [0.3, 0.4) is 0 Å². The molecule has 0 radical (unpaired) electrons. The van der Waals surface area contributed by atoms with Crippen molar-refractivity contribution in [3.8, 4) is 0 Å². The van der Waals surface area contributed by atoms with Crippen molar-refractivity contribution in [2.45, 2.75) is 18.9 Å². The first-order chi connectivity index (χ1) is 13.7. The van der Waals surface area contributed by atoms with Crippen LogP contribution in [0.5, 0.6) is 0 Å². The van der Waals surface area contributed by atoms with E-state index < -0.39 is 0 Å². The Bertz CT molecular complexity index is 831. The van der Waals surface area contributed by atoms with Crippen LogP contribution >= 0.6 is 0 Å². The lowest BCUT2D eigenvalue weighted by Gasteiger charge is -2.28. The fourth-order valence-corrected chi connectivity index (χ4v) is 3.57. The van der Waals surface area contributed by atoms with Crippen LogP contribution in [0.15, 0.2) is 30.6 Å². The molecule has 0 unspecified atom stereocenters. The van der Waals surface area contributed by atoms with Crippen LogP contribution in [0.2, 0.25) is 0 Å². The maximum Gasteiger partial charge on any atom is 0.137 e. The molecule has 0 amide bonds. The third-order valence-corrected chi connectivity index (χ3v) is 5.16. The summed E-state index contributed by atoms with van der Waals surface area (Å²) in [7, 11) is 0. The summed E-state index contributed by atoms with van der Waals surface area (Å²) in [6, 6.07) is 5.80. The number of nitrogens with two attached hydrogens (primary N) is 1. The highest BCUT2D eigenvalue weighted by Gasteiger charge is 2.21. The fraction of sp³-hybridized carbons (Fsp3) is 0.450. The second kappa shape index (κ2) is 8.53. The Morgan fingerprint density at radius 3 is 2.57 bits per heavy atom. The zero-order valence-corrected chi connectivity index (χ0v) is 15.9. The third-order valence-electron chi connectivity index (χ3n) is 5.16. The lowest BCUT2D eigenvalue weighted by molar-refractivity contribution is 0.0904. The van der Waals surface area contributed by atoms with E-state index in [0.29, 0.717) is 36.0 Å². The molecule has 148 valence electrons. The van der Waals surface area contributed by atoms with E-state index in [4.69, 9.17) is 20.6 Å². The molecule has 2 aromatic rings. The van der Waals surface area contributed by atoms with Gasteiger partial charge in [-0.2, -0.15) is 0 Å². The molecule has 0 atom stereocenters. The second-order valence-corrected chi connectivity index (χ2v) is 7.03. The SMILES string of the molecule is N=C(c1ccnc(N2CCOCC2)c1)c1c(N)ccnc1NC1CCOCC1. The summed E-state index contributed by atoms with van der Waals surface area (Å²) < 4.78 is 10.8. The summed E-state index contributed by atoms with van der Waals surface area (Å²) in [6.07, 6.45) is 5.26. The lowest BCUT2D eigenvalue weighted by Crippen LogP contribution is -2.36. The molecule has 0 bridgehead atoms. The number of hydrogen-bond donors (Lipinski definition) is 3. The zero-order chi connectivity index (χ0) is 19.3. The van der Waals surface area contributed by atoms with Crippen molar-refractivity contribution < 1.29 is 9.47 Å². The van der Waals surface area contributed by atoms with Gasteiger partial charge in [0.25, 0.3) is 0 Å². The number of aromatic nitrogens is 2. The van der Waals surface area contributed by atoms with Crippen LogP contribution in [0.4, 0.5) is 17.3 Å². The predicted octanol–water partition coefficient (Wildman–Crippen LogP) is 1.90. The van der Waals surface area contributed by atoms with Crippen LogP contribution in [-0.2, 0) is 9.47 Å². The monoisotopic (exact) mass is 382 g/mol. The van der Waals surface area contributed by atoms with Crippen molar-refractivity contribution in [1.29, 1.82) is 5.41 Å². The van der Waals surface area contributed by atoms with E-state index in [0.717, 1.165) is 50.5 Å². The Labute approximate surface area is 164 Å². The molecule has 28 heavy (non-hydrogen) atoms. The number of ether oxygens (including phenoxy) is 2. The van der Waals surface area contributed by atoms with Gasteiger partial charge in [-0.05, 0) is 31.0 Å². The first-order valence-electron chi connectivity index (χ1n) is 9.69. The molecule has 0 aliphatic carbocycles. The number of hydrogen-bond acceptors (Lipinski definition) is 8. The van der Waals surface area contributed by atoms with Gasteiger partial charge in [0.15, 0.2) is 0 Å². The predicted molar refractivity (Wildman–Crippen MR) is 109 cm³/mol. The van der Waals surface area contributed by atoms with E-state index in [1.807, 2.05) is 12.1 Å². The van der Waals surface area contributed by atoms with Gasteiger partial charge in [0, 0.05) is 56.0 Å². The van der Waals surface area contributed by atoms with Gasteiger partial charge in [-0.25, -0.2) is 9.97 Å². The van der Waals surface area contributed by atoms with Crippen molar-refractivity contribution in [2.24, 2.45) is 0 Å². The summed E-state index contributed by atoms with van der Waals surface area (Å²) >= 11 is 0. The average Bonchev–Trinajstić information content (AvgIpc) is 2.75. The molecule has 4 rings (SSSR count). The molecular weight excluding hydrogens is 356 g/mol. The number of nitrogens with zero attached hydrogens (tertiary/aromatic N) is 3. The molecule has 2 aromatic heterocycles. The van der Waals surface area contributed by atoms with Gasteiger partial charge >= 0.3 is 0 Å². The van der Waals surface area contributed by atoms with Gasteiger partial charge in [-0.1, -0.05) is 0 Å². The standard InChI is InChI=1S/C20H26N6O2/c21-16-2-6-24-20(25-15-3-9-27-10-4-15)18(16)19(22)14-1-5-23-17(13-14)26-7-11-28-12-8-26/h1-2,5-6,13,15,22H,3-4,7-12H2,(H3,21,24,25). The molecular formula is C20H26N6O2. The number of rotatable bonds is 5. The summed E-state index contributed by atoms with van der Waals surface area (Å²) in [5.74, 6) is 1.51. The van der Waals surface area contributed by atoms with Crippen molar-refractivity contribution in [3.05, 3.63) is 41.7 Å². The van der Waals surface area contributed by atoms with E-state index in [1.54, 1.807) is 18.5 Å². The number of anilines is 3. The molecule has 0 saturated carbocycles. The van der Waals surface area contributed by atoms with Crippen molar-refractivity contribution in [2.75, 3.05) is 55.5 Å². The highest BCUT2D eigenvalue weighted by molar-refractivity contribution is 6.16. The Kier molecular flexibility index (Phi) is 5.68. The van der Waals surface area contributed by atoms with E-state index in [1.165, 1.54) is 0 Å². The van der Waals surface area contributed by atoms with Crippen molar-refractivity contribution in [1.82, 2.24) is 9.97 Å². The number of nitrogen functional groups attached to an aromatic ring is 1. The van der Waals surface area contributed by atoms with E-state index >= 15 is 0 Å². The zero-order valence-electron chi connectivity index (χ0n) is 15.9. The maximum atomic E-state index is 8.82. The molecule has 8 heteroatoms. The first-order valence-corrected chi connectivity index (χ1v) is 9.69. The molecule has 2 aliphatic heterocycles. The normalized spacial score (nSPS) is 18.1. The first kappa shape index (κ1) is 18.6. The van der Waals surface area contributed by atoms with E-state index in [-0.39, 0.29) is 6.04 Å². The molecule has 8 nitrogen and oxygen atoms in total. The molecule has 2 saturated heterocycles. The molecule has 4 heterocycles. The second-order valence-electron chi connectivity index (χ2n) is 7.03. The lowest BCUT2D eigenvalue weighted by atomic mass is 10.0. The van der Waals surface area contributed by atoms with Crippen LogP contribution in [-0.4, -0.2) is 61.2 Å². The highest BCUT2D eigenvalue weighted by atomic mass is 16.5. The third kappa shape index (κ3) is 4.07. The Hall–Kier alpha value is -2.71.